The smallest absolute Gasteiger partial charge is 0.118 e. The van der Waals surface area contributed by atoms with Gasteiger partial charge in [0.2, 0.25) is 0 Å². The van der Waals surface area contributed by atoms with Crippen LogP contribution in [0.15, 0.2) is 24.3 Å². The lowest BCUT2D eigenvalue weighted by atomic mass is 9.91. The van der Waals surface area contributed by atoms with E-state index in [1.807, 2.05) is 12.1 Å². The van der Waals surface area contributed by atoms with Gasteiger partial charge in [-0.25, -0.2) is 0 Å². The third kappa shape index (κ3) is 2.67. The van der Waals surface area contributed by atoms with Crippen molar-refractivity contribution in [1.82, 2.24) is 0 Å². The maximum atomic E-state index is 10.3. The summed E-state index contributed by atoms with van der Waals surface area (Å²) in [6.07, 6.45) is 2.47. The van der Waals surface area contributed by atoms with Gasteiger partial charge >= 0.3 is 0 Å². The second kappa shape index (κ2) is 4.45. The molecule has 1 atom stereocenters. The minimum absolute atomic E-state index is 0.293. The van der Waals surface area contributed by atoms with Gasteiger partial charge in [0.1, 0.15) is 5.75 Å². The number of para-hydroxylation sites is 1. The summed E-state index contributed by atoms with van der Waals surface area (Å²) in [5.74, 6) is 2.21. The van der Waals surface area contributed by atoms with Crippen LogP contribution in [0.5, 0.6) is 5.75 Å². The molecule has 0 aromatic heterocycles. The third-order valence-corrected chi connectivity index (χ3v) is 4.13. The first-order chi connectivity index (χ1) is 7.20. The lowest BCUT2D eigenvalue weighted by Crippen LogP contribution is -2.37. The summed E-state index contributed by atoms with van der Waals surface area (Å²) < 4.78 is 0. The van der Waals surface area contributed by atoms with Crippen LogP contribution in [0.3, 0.4) is 0 Å². The van der Waals surface area contributed by atoms with Crippen LogP contribution >= 0.6 is 11.8 Å². The molecule has 0 aliphatic carbocycles. The molecule has 2 nitrogen and oxygen atoms in total. The van der Waals surface area contributed by atoms with Crippen molar-refractivity contribution in [3.05, 3.63) is 29.8 Å². The third-order valence-electron chi connectivity index (χ3n) is 2.81. The molecule has 2 rings (SSSR count). The zero-order valence-corrected chi connectivity index (χ0v) is 9.46. The molecular formula is C12H16O2S. The highest BCUT2D eigenvalue weighted by atomic mass is 32.2. The fraction of sp³-hybridized carbons (Fsp3) is 0.500. The van der Waals surface area contributed by atoms with Gasteiger partial charge in [-0.15, -0.1) is 0 Å². The standard InChI is InChI=1S/C12H16O2S/c13-11-5-2-1-4-10(11)8-12(14)6-3-7-15-9-12/h1-2,4-5,13-14H,3,6-9H2. The average Bonchev–Trinajstić information content (AvgIpc) is 2.22. The topological polar surface area (TPSA) is 40.5 Å². The number of hydrogen-bond acceptors (Lipinski definition) is 3. The van der Waals surface area contributed by atoms with Crippen molar-refractivity contribution < 1.29 is 10.2 Å². The molecule has 15 heavy (non-hydrogen) atoms. The first-order valence-corrected chi connectivity index (χ1v) is 6.42. The fourth-order valence-electron chi connectivity index (χ4n) is 1.99. The van der Waals surface area contributed by atoms with E-state index in [0.29, 0.717) is 12.2 Å². The maximum Gasteiger partial charge on any atom is 0.118 e. The quantitative estimate of drug-likeness (QED) is 0.809. The molecule has 1 aromatic carbocycles. The van der Waals surface area contributed by atoms with Gasteiger partial charge in [-0.05, 0) is 30.2 Å². The first kappa shape index (κ1) is 10.8. The number of rotatable bonds is 2. The molecule has 1 aliphatic heterocycles. The van der Waals surface area contributed by atoms with Crippen LogP contribution in [0, 0.1) is 0 Å². The minimum atomic E-state index is -0.623. The molecule has 3 heteroatoms. The molecule has 1 saturated heterocycles. The van der Waals surface area contributed by atoms with Crippen LogP contribution < -0.4 is 0 Å². The van der Waals surface area contributed by atoms with Gasteiger partial charge in [-0.2, -0.15) is 11.8 Å². The van der Waals surface area contributed by atoms with Gasteiger partial charge in [-0.3, -0.25) is 0 Å². The van der Waals surface area contributed by atoms with Gasteiger partial charge in [0.15, 0.2) is 0 Å². The summed E-state index contributed by atoms with van der Waals surface area (Å²) in [4.78, 5) is 0. The second-order valence-electron chi connectivity index (χ2n) is 4.19. The Morgan fingerprint density at radius 3 is 2.80 bits per heavy atom. The maximum absolute atomic E-state index is 10.3. The van der Waals surface area contributed by atoms with Crippen LogP contribution in [-0.4, -0.2) is 27.3 Å². The molecule has 0 amide bonds. The van der Waals surface area contributed by atoms with Gasteiger partial charge in [-0.1, -0.05) is 18.2 Å². The predicted octanol–water partition coefficient (Wildman–Crippen LogP) is 2.19. The van der Waals surface area contributed by atoms with Crippen molar-refractivity contribution in [3.63, 3.8) is 0 Å². The fourth-order valence-corrected chi connectivity index (χ4v) is 3.11. The Bertz CT molecular complexity index is 332. The van der Waals surface area contributed by atoms with Crippen LogP contribution in [0.1, 0.15) is 18.4 Å². The second-order valence-corrected chi connectivity index (χ2v) is 5.29. The summed E-state index contributed by atoms with van der Waals surface area (Å²) in [6, 6.07) is 7.26. The molecule has 2 N–H and O–H groups in total. The molecule has 0 bridgehead atoms. The Morgan fingerprint density at radius 2 is 2.13 bits per heavy atom. The number of aromatic hydroxyl groups is 1. The van der Waals surface area contributed by atoms with E-state index in [1.54, 1.807) is 23.9 Å². The molecule has 1 fully saturated rings. The number of benzene rings is 1. The van der Waals surface area contributed by atoms with E-state index >= 15 is 0 Å². The van der Waals surface area contributed by atoms with Crippen molar-refractivity contribution in [2.24, 2.45) is 0 Å². The SMILES string of the molecule is Oc1ccccc1CC1(O)CCCSC1. The lowest BCUT2D eigenvalue weighted by molar-refractivity contribution is 0.0524. The highest BCUT2D eigenvalue weighted by molar-refractivity contribution is 7.99. The predicted molar refractivity (Wildman–Crippen MR) is 63.3 cm³/mol. The number of hydrogen-bond donors (Lipinski definition) is 2. The van der Waals surface area contributed by atoms with Crippen LogP contribution in [0.2, 0.25) is 0 Å². The van der Waals surface area contributed by atoms with Gasteiger partial charge < -0.3 is 10.2 Å². The molecule has 0 saturated carbocycles. The molecule has 82 valence electrons. The van der Waals surface area contributed by atoms with Crippen molar-refractivity contribution in [3.8, 4) is 5.75 Å². The van der Waals surface area contributed by atoms with E-state index in [9.17, 15) is 10.2 Å². The van der Waals surface area contributed by atoms with E-state index in [4.69, 9.17) is 0 Å². The van der Waals surface area contributed by atoms with Crippen LogP contribution in [0.25, 0.3) is 0 Å². The van der Waals surface area contributed by atoms with E-state index < -0.39 is 5.60 Å². The Hall–Kier alpha value is -0.670. The Balaban J connectivity index is 2.10. The highest BCUT2D eigenvalue weighted by Crippen LogP contribution is 2.31. The summed E-state index contributed by atoms with van der Waals surface area (Å²) in [7, 11) is 0. The number of phenolic OH excluding ortho intramolecular Hbond substituents is 1. The Labute approximate surface area is 94.3 Å². The summed E-state index contributed by atoms with van der Waals surface area (Å²) in [5.41, 5.74) is 0.226. The van der Waals surface area contributed by atoms with Crippen molar-refractivity contribution >= 4 is 11.8 Å². The molecule has 0 spiro atoms. The summed E-state index contributed by atoms with van der Waals surface area (Å²) in [6.45, 7) is 0. The van der Waals surface area contributed by atoms with E-state index in [1.165, 1.54) is 0 Å². The van der Waals surface area contributed by atoms with Gasteiger partial charge in [0, 0.05) is 12.2 Å². The lowest BCUT2D eigenvalue weighted by Gasteiger charge is -2.31. The zero-order valence-electron chi connectivity index (χ0n) is 8.65. The van der Waals surface area contributed by atoms with Crippen LogP contribution in [-0.2, 0) is 6.42 Å². The Morgan fingerprint density at radius 1 is 1.33 bits per heavy atom. The summed E-state index contributed by atoms with van der Waals surface area (Å²) in [5, 5.41) is 20.0. The number of thioether (sulfide) groups is 1. The van der Waals surface area contributed by atoms with Crippen molar-refractivity contribution in [2.75, 3.05) is 11.5 Å². The molecule has 1 aromatic rings. The van der Waals surface area contributed by atoms with E-state index in [2.05, 4.69) is 0 Å². The van der Waals surface area contributed by atoms with E-state index in [0.717, 1.165) is 29.9 Å². The van der Waals surface area contributed by atoms with Gasteiger partial charge in [0.05, 0.1) is 5.60 Å². The first-order valence-electron chi connectivity index (χ1n) is 5.27. The number of aliphatic hydroxyl groups is 1. The minimum Gasteiger partial charge on any atom is -0.508 e. The van der Waals surface area contributed by atoms with Crippen molar-refractivity contribution in [2.45, 2.75) is 24.9 Å². The number of phenols is 1. The molecule has 1 aliphatic rings. The Kier molecular flexibility index (Phi) is 3.22. The van der Waals surface area contributed by atoms with Crippen molar-refractivity contribution in [1.29, 1.82) is 0 Å². The summed E-state index contributed by atoms with van der Waals surface area (Å²) >= 11 is 1.80. The molecule has 1 heterocycles. The normalized spacial score (nSPS) is 26.5. The molecule has 1 unspecified atom stereocenters. The van der Waals surface area contributed by atoms with Gasteiger partial charge in [0.25, 0.3) is 0 Å². The molecular weight excluding hydrogens is 208 g/mol. The average molecular weight is 224 g/mol. The monoisotopic (exact) mass is 224 g/mol. The van der Waals surface area contributed by atoms with Crippen LogP contribution in [0.4, 0.5) is 0 Å². The highest BCUT2D eigenvalue weighted by Gasteiger charge is 2.30. The zero-order chi connectivity index (χ0) is 10.7. The van der Waals surface area contributed by atoms with E-state index in [-0.39, 0.29) is 0 Å². The largest absolute Gasteiger partial charge is 0.508 e. The molecule has 0 radical (unpaired) electrons.